The molecule has 2 rings (SSSR count). The lowest BCUT2D eigenvalue weighted by Gasteiger charge is -2.19. The van der Waals surface area contributed by atoms with Crippen LogP contribution < -0.4 is 9.47 Å². The van der Waals surface area contributed by atoms with E-state index in [0.29, 0.717) is 5.02 Å². The molecule has 5 nitrogen and oxygen atoms in total. The lowest BCUT2D eigenvalue weighted by Crippen LogP contribution is -2.27. The second-order valence-corrected chi connectivity index (χ2v) is 7.47. The summed E-state index contributed by atoms with van der Waals surface area (Å²) in [6.45, 7) is 0.0767. The molecule has 0 aliphatic carbocycles. The van der Waals surface area contributed by atoms with Gasteiger partial charge in [-0.2, -0.15) is 4.31 Å². The van der Waals surface area contributed by atoms with E-state index in [1.807, 2.05) is 0 Å². The SMILES string of the molecule is COc1cc(F)c(S(=O)(=O)N(C)Cc2ccc(Cl)cc2)cc1OC. The van der Waals surface area contributed by atoms with Gasteiger partial charge in [0.05, 0.1) is 14.2 Å². The third kappa shape index (κ3) is 3.80. The first-order valence-corrected chi connectivity index (χ1v) is 8.73. The van der Waals surface area contributed by atoms with Crippen LogP contribution in [-0.4, -0.2) is 34.0 Å². The molecule has 0 aromatic heterocycles. The number of methoxy groups -OCH3 is 2. The minimum absolute atomic E-state index is 0.0767. The Balaban J connectivity index is 2.37. The van der Waals surface area contributed by atoms with Crippen molar-refractivity contribution in [2.75, 3.05) is 21.3 Å². The molecule has 0 spiro atoms. The molecular formula is C16H17ClFNO4S. The summed E-state index contributed by atoms with van der Waals surface area (Å²) >= 11 is 5.81. The highest BCUT2D eigenvalue weighted by atomic mass is 35.5. The highest BCUT2D eigenvalue weighted by molar-refractivity contribution is 7.89. The maximum Gasteiger partial charge on any atom is 0.246 e. The van der Waals surface area contributed by atoms with Crippen molar-refractivity contribution in [2.24, 2.45) is 0 Å². The van der Waals surface area contributed by atoms with E-state index in [9.17, 15) is 12.8 Å². The maximum atomic E-state index is 14.2. The Kier molecular flexibility index (Phi) is 5.69. The van der Waals surface area contributed by atoms with Gasteiger partial charge in [0, 0.05) is 30.7 Å². The highest BCUT2D eigenvalue weighted by Gasteiger charge is 2.27. The molecule has 0 bridgehead atoms. The average molecular weight is 374 g/mol. The Hall–Kier alpha value is -1.83. The second-order valence-electron chi connectivity index (χ2n) is 5.03. The van der Waals surface area contributed by atoms with Gasteiger partial charge in [0.15, 0.2) is 11.5 Å². The largest absolute Gasteiger partial charge is 0.493 e. The summed E-state index contributed by atoms with van der Waals surface area (Å²) in [7, 11) is 0.0255. The van der Waals surface area contributed by atoms with Gasteiger partial charge in [-0.15, -0.1) is 0 Å². The molecule has 0 amide bonds. The van der Waals surface area contributed by atoms with Crippen molar-refractivity contribution in [2.45, 2.75) is 11.4 Å². The van der Waals surface area contributed by atoms with E-state index in [4.69, 9.17) is 21.1 Å². The van der Waals surface area contributed by atoms with Crippen LogP contribution in [0.25, 0.3) is 0 Å². The molecule has 8 heteroatoms. The number of rotatable bonds is 6. The molecule has 0 unspecified atom stereocenters. The number of benzene rings is 2. The number of sulfonamides is 1. The monoisotopic (exact) mass is 373 g/mol. The van der Waals surface area contributed by atoms with E-state index in [1.54, 1.807) is 24.3 Å². The van der Waals surface area contributed by atoms with Crippen molar-refractivity contribution < 1.29 is 22.3 Å². The Morgan fingerprint density at radius 2 is 1.62 bits per heavy atom. The zero-order valence-electron chi connectivity index (χ0n) is 13.4. The van der Waals surface area contributed by atoms with Crippen molar-refractivity contribution in [1.29, 1.82) is 0 Å². The molecule has 130 valence electrons. The summed E-state index contributed by atoms with van der Waals surface area (Å²) in [4.78, 5) is -0.475. The van der Waals surface area contributed by atoms with Crippen LogP contribution >= 0.6 is 11.6 Å². The van der Waals surface area contributed by atoms with Crippen molar-refractivity contribution >= 4 is 21.6 Å². The second kappa shape index (κ2) is 7.38. The highest BCUT2D eigenvalue weighted by Crippen LogP contribution is 2.33. The normalized spacial score (nSPS) is 11.6. The summed E-state index contributed by atoms with van der Waals surface area (Å²) in [6, 6.07) is 8.84. The Morgan fingerprint density at radius 1 is 1.08 bits per heavy atom. The molecule has 0 N–H and O–H groups in total. The summed E-state index contributed by atoms with van der Waals surface area (Å²) in [5.41, 5.74) is 0.728. The van der Waals surface area contributed by atoms with Crippen LogP contribution in [0.4, 0.5) is 4.39 Å². The minimum atomic E-state index is -4.05. The van der Waals surface area contributed by atoms with Crippen LogP contribution in [0.5, 0.6) is 11.5 Å². The smallest absolute Gasteiger partial charge is 0.246 e. The summed E-state index contributed by atoms with van der Waals surface area (Å²) in [5.74, 6) is -0.651. The van der Waals surface area contributed by atoms with Gasteiger partial charge in [-0.1, -0.05) is 23.7 Å². The molecule has 0 aliphatic rings. The van der Waals surface area contributed by atoms with Crippen LogP contribution in [0.3, 0.4) is 0 Å². The van der Waals surface area contributed by atoms with Crippen LogP contribution in [-0.2, 0) is 16.6 Å². The molecule has 0 saturated heterocycles. The van der Waals surface area contributed by atoms with E-state index in [-0.39, 0.29) is 18.0 Å². The first-order chi connectivity index (χ1) is 11.3. The molecule has 0 radical (unpaired) electrons. The number of halogens is 2. The molecular weight excluding hydrogens is 357 g/mol. The minimum Gasteiger partial charge on any atom is -0.493 e. The predicted octanol–water partition coefficient (Wildman–Crippen LogP) is 3.32. The third-order valence-electron chi connectivity index (χ3n) is 3.44. The van der Waals surface area contributed by atoms with Gasteiger partial charge in [-0.25, -0.2) is 12.8 Å². The predicted molar refractivity (Wildman–Crippen MR) is 89.6 cm³/mol. The first-order valence-electron chi connectivity index (χ1n) is 6.92. The van der Waals surface area contributed by atoms with E-state index in [1.165, 1.54) is 21.3 Å². The molecule has 0 heterocycles. The fourth-order valence-electron chi connectivity index (χ4n) is 2.13. The van der Waals surface area contributed by atoms with Crippen molar-refractivity contribution in [3.8, 4) is 11.5 Å². The van der Waals surface area contributed by atoms with E-state index >= 15 is 0 Å². The summed E-state index contributed by atoms with van der Waals surface area (Å²) in [6.07, 6.45) is 0. The molecule has 0 aliphatic heterocycles. The summed E-state index contributed by atoms with van der Waals surface area (Å²) < 4.78 is 50.6. The van der Waals surface area contributed by atoms with E-state index in [2.05, 4.69) is 0 Å². The standard InChI is InChI=1S/C16H17ClFNO4S/c1-19(10-11-4-6-12(17)7-5-11)24(20,21)16-9-15(23-3)14(22-2)8-13(16)18/h4-9H,10H2,1-3H3. The zero-order valence-corrected chi connectivity index (χ0v) is 15.0. The third-order valence-corrected chi connectivity index (χ3v) is 5.52. The van der Waals surface area contributed by atoms with Crippen LogP contribution in [0, 0.1) is 5.82 Å². The Labute approximate surface area is 145 Å². The topological polar surface area (TPSA) is 55.8 Å². The van der Waals surface area contributed by atoms with Crippen molar-refractivity contribution in [3.63, 3.8) is 0 Å². The number of nitrogens with zero attached hydrogens (tertiary/aromatic N) is 1. The van der Waals surface area contributed by atoms with Gasteiger partial charge in [0.1, 0.15) is 10.7 Å². The molecule has 24 heavy (non-hydrogen) atoms. The van der Waals surface area contributed by atoms with Gasteiger partial charge >= 0.3 is 0 Å². The van der Waals surface area contributed by atoms with Gasteiger partial charge in [-0.3, -0.25) is 0 Å². The summed E-state index contributed by atoms with van der Waals surface area (Å²) in [5, 5.41) is 0.551. The Morgan fingerprint density at radius 3 is 2.17 bits per heavy atom. The zero-order chi connectivity index (χ0) is 17.9. The van der Waals surface area contributed by atoms with Crippen molar-refractivity contribution in [3.05, 3.63) is 52.8 Å². The first kappa shape index (κ1) is 18.5. The van der Waals surface area contributed by atoms with Crippen LogP contribution in [0.1, 0.15) is 5.56 Å². The number of hydrogen-bond donors (Lipinski definition) is 0. The molecule has 2 aromatic rings. The average Bonchev–Trinajstić information content (AvgIpc) is 2.56. The van der Waals surface area contributed by atoms with Crippen LogP contribution in [0.2, 0.25) is 5.02 Å². The molecule has 0 fully saturated rings. The van der Waals surface area contributed by atoms with Gasteiger partial charge in [-0.05, 0) is 17.7 Å². The number of hydrogen-bond acceptors (Lipinski definition) is 4. The van der Waals surface area contributed by atoms with Gasteiger partial charge in [0.2, 0.25) is 10.0 Å². The molecule has 2 aromatic carbocycles. The van der Waals surface area contributed by atoms with Gasteiger partial charge in [0.25, 0.3) is 0 Å². The molecule has 0 atom stereocenters. The van der Waals surface area contributed by atoms with Crippen molar-refractivity contribution in [1.82, 2.24) is 4.31 Å². The fourth-order valence-corrected chi connectivity index (χ4v) is 3.48. The Bertz CT molecular complexity index is 825. The molecule has 0 saturated carbocycles. The van der Waals surface area contributed by atoms with Crippen LogP contribution in [0.15, 0.2) is 41.3 Å². The quantitative estimate of drug-likeness (QED) is 0.779. The van der Waals surface area contributed by atoms with Gasteiger partial charge < -0.3 is 9.47 Å². The number of ether oxygens (including phenoxy) is 2. The lowest BCUT2D eigenvalue weighted by molar-refractivity contribution is 0.349. The lowest BCUT2D eigenvalue weighted by atomic mass is 10.2. The maximum absolute atomic E-state index is 14.2. The van der Waals surface area contributed by atoms with E-state index < -0.39 is 20.7 Å². The van der Waals surface area contributed by atoms with E-state index in [0.717, 1.165) is 22.0 Å². The fraction of sp³-hybridized carbons (Fsp3) is 0.250.